The summed E-state index contributed by atoms with van der Waals surface area (Å²) in [5, 5.41) is 4.98. The van der Waals surface area contributed by atoms with E-state index in [4.69, 9.17) is 11.6 Å². The minimum absolute atomic E-state index is 0.165. The largest absolute Gasteiger partial charge is 0.321 e. The summed E-state index contributed by atoms with van der Waals surface area (Å²) in [7, 11) is 0. The van der Waals surface area contributed by atoms with Gasteiger partial charge in [-0.25, -0.2) is 5.01 Å². The molecule has 174 valence electrons. The molecule has 1 fully saturated rings. The topological polar surface area (TPSA) is 81.8 Å². The molecule has 3 heterocycles. The Labute approximate surface area is 206 Å². The molecule has 0 bridgehead atoms. The summed E-state index contributed by atoms with van der Waals surface area (Å²) in [6.45, 7) is 2.96. The minimum atomic E-state index is -0.416. The molecule has 1 saturated heterocycles. The van der Waals surface area contributed by atoms with Crippen LogP contribution in [0.1, 0.15) is 54.4 Å². The first-order valence-electron chi connectivity index (χ1n) is 11.1. The Morgan fingerprint density at radius 2 is 1.74 bits per heavy atom. The molecular formula is C25H23ClN4O3S. The number of amides is 3. The first-order chi connectivity index (χ1) is 16.5. The van der Waals surface area contributed by atoms with Gasteiger partial charge >= 0.3 is 0 Å². The molecule has 5 rings (SSSR count). The Balaban J connectivity index is 1.31. The van der Waals surface area contributed by atoms with Gasteiger partial charge in [-0.15, -0.1) is 11.3 Å². The molecular weight excluding hydrogens is 472 g/mol. The van der Waals surface area contributed by atoms with Crippen molar-refractivity contribution in [1.82, 2.24) is 15.3 Å². The quantitative estimate of drug-likeness (QED) is 0.471. The molecule has 9 heteroatoms. The van der Waals surface area contributed by atoms with Gasteiger partial charge in [0.15, 0.2) is 0 Å². The Morgan fingerprint density at radius 1 is 0.971 bits per heavy atom. The first kappa shape index (κ1) is 22.7. The van der Waals surface area contributed by atoms with Gasteiger partial charge in [-0.3, -0.25) is 24.7 Å². The molecule has 3 amide bonds. The van der Waals surface area contributed by atoms with E-state index in [1.807, 2.05) is 24.3 Å². The highest BCUT2D eigenvalue weighted by molar-refractivity contribution is 7.18. The number of thiophene rings is 1. The number of nitrogens with one attached hydrogen (secondary N) is 2. The van der Waals surface area contributed by atoms with Crippen LogP contribution in [0.25, 0.3) is 0 Å². The normalized spacial score (nSPS) is 15.7. The van der Waals surface area contributed by atoms with Crippen molar-refractivity contribution in [2.45, 2.75) is 25.9 Å². The Hall–Kier alpha value is -3.04. The van der Waals surface area contributed by atoms with E-state index in [0.717, 1.165) is 35.6 Å². The lowest BCUT2D eigenvalue weighted by Gasteiger charge is -2.18. The first-order valence-corrected chi connectivity index (χ1v) is 12.3. The highest BCUT2D eigenvalue weighted by atomic mass is 35.5. The molecule has 0 radical (unpaired) electrons. The van der Waals surface area contributed by atoms with Crippen molar-refractivity contribution in [2.24, 2.45) is 0 Å². The van der Waals surface area contributed by atoms with E-state index in [-0.39, 0.29) is 23.9 Å². The van der Waals surface area contributed by atoms with Gasteiger partial charge in [0, 0.05) is 19.6 Å². The molecule has 0 unspecified atom stereocenters. The summed E-state index contributed by atoms with van der Waals surface area (Å²) in [6, 6.07) is 16.1. The lowest BCUT2D eigenvalue weighted by Crippen LogP contribution is -2.34. The summed E-state index contributed by atoms with van der Waals surface area (Å²) in [5.41, 5.74) is 6.21. The molecule has 2 aliphatic rings. The molecule has 0 aliphatic carbocycles. The van der Waals surface area contributed by atoms with Crippen LogP contribution < -0.4 is 10.7 Å². The smallest absolute Gasteiger partial charge is 0.265 e. The SMILES string of the molecule is O=C(Nc1cccc2c1C(=O)N(Cc1cccc(CNN3CCCC3)c1)C2=O)c1ccc(Cl)s1. The summed E-state index contributed by atoms with van der Waals surface area (Å²) >= 11 is 7.08. The number of anilines is 1. The predicted molar refractivity (Wildman–Crippen MR) is 132 cm³/mol. The number of carbonyl (C=O) groups is 3. The number of hydrogen-bond donors (Lipinski definition) is 2. The standard InChI is InChI=1S/C25H23ClN4O3S/c26-21-10-9-20(34-21)23(31)28-19-8-4-7-18-22(19)25(33)30(24(18)32)15-17-6-3-5-16(13-17)14-27-29-11-1-2-12-29/h3-10,13,27H,1-2,11-12,14-15H2,(H,28,31). The molecule has 2 aliphatic heterocycles. The van der Waals surface area contributed by atoms with E-state index < -0.39 is 5.91 Å². The number of nitrogens with zero attached hydrogens (tertiary/aromatic N) is 2. The fourth-order valence-corrected chi connectivity index (χ4v) is 5.24. The summed E-state index contributed by atoms with van der Waals surface area (Å²) in [4.78, 5) is 40.6. The summed E-state index contributed by atoms with van der Waals surface area (Å²) in [5.74, 6) is -1.15. The Kier molecular flexibility index (Phi) is 6.47. The molecule has 1 aromatic heterocycles. The fraction of sp³-hybridized carbons (Fsp3) is 0.240. The third-order valence-electron chi connectivity index (χ3n) is 5.99. The predicted octanol–water partition coefficient (Wildman–Crippen LogP) is 4.55. The fourth-order valence-electron chi connectivity index (χ4n) is 4.30. The Morgan fingerprint density at radius 3 is 2.50 bits per heavy atom. The second-order valence-corrected chi connectivity index (χ2v) is 10.0. The summed E-state index contributed by atoms with van der Waals surface area (Å²) in [6.07, 6.45) is 2.41. The highest BCUT2D eigenvalue weighted by Crippen LogP contribution is 2.31. The number of hydrazine groups is 1. The van der Waals surface area contributed by atoms with Gasteiger partial charge in [0.1, 0.15) is 0 Å². The van der Waals surface area contributed by atoms with Crippen molar-refractivity contribution >= 4 is 46.3 Å². The van der Waals surface area contributed by atoms with Gasteiger partial charge in [0.2, 0.25) is 0 Å². The lowest BCUT2D eigenvalue weighted by molar-refractivity contribution is 0.0642. The molecule has 0 spiro atoms. The second-order valence-electron chi connectivity index (χ2n) is 8.33. The van der Waals surface area contributed by atoms with Crippen LogP contribution in [0.4, 0.5) is 5.69 Å². The van der Waals surface area contributed by atoms with E-state index in [2.05, 4.69) is 15.8 Å². The van der Waals surface area contributed by atoms with Crippen LogP contribution in [0.15, 0.2) is 54.6 Å². The van der Waals surface area contributed by atoms with Crippen LogP contribution in [0.5, 0.6) is 0 Å². The van der Waals surface area contributed by atoms with Gasteiger partial charge in [0.25, 0.3) is 17.7 Å². The number of imide groups is 1. The zero-order valence-electron chi connectivity index (χ0n) is 18.3. The van der Waals surface area contributed by atoms with Gasteiger partial charge < -0.3 is 5.32 Å². The maximum absolute atomic E-state index is 13.3. The third-order valence-corrected chi connectivity index (χ3v) is 7.22. The van der Waals surface area contributed by atoms with Gasteiger partial charge in [0.05, 0.1) is 32.6 Å². The van der Waals surface area contributed by atoms with Crippen LogP contribution in [0.2, 0.25) is 4.34 Å². The van der Waals surface area contributed by atoms with E-state index in [0.29, 0.717) is 27.0 Å². The molecule has 0 atom stereocenters. The van der Waals surface area contributed by atoms with E-state index in [1.54, 1.807) is 30.3 Å². The monoisotopic (exact) mass is 494 g/mol. The van der Waals surface area contributed by atoms with Crippen molar-refractivity contribution in [1.29, 1.82) is 0 Å². The van der Waals surface area contributed by atoms with Crippen molar-refractivity contribution in [2.75, 3.05) is 18.4 Å². The molecule has 2 aromatic carbocycles. The average molecular weight is 495 g/mol. The molecule has 3 aromatic rings. The van der Waals surface area contributed by atoms with Crippen molar-refractivity contribution in [3.8, 4) is 0 Å². The number of carbonyl (C=O) groups excluding carboxylic acids is 3. The molecule has 2 N–H and O–H groups in total. The second kappa shape index (κ2) is 9.68. The number of halogens is 1. The Bertz CT molecular complexity index is 1270. The van der Waals surface area contributed by atoms with Crippen LogP contribution in [-0.4, -0.2) is 40.7 Å². The van der Waals surface area contributed by atoms with Crippen LogP contribution in [-0.2, 0) is 13.1 Å². The zero-order valence-corrected chi connectivity index (χ0v) is 19.9. The zero-order chi connectivity index (χ0) is 23.7. The maximum atomic E-state index is 13.3. The van der Waals surface area contributed by atoms with E-state index in [1.165, 1.54) is 17.7 Å². The van der Waals surface area contributed by atoms with E-state index >= 15 is 0 Å². The molecule has 34 heavy (non-hydrogen) atoms. The average Bonchev–Trinajstić information content (AvgIpc) is 3.56. The minimum Gasteiger partial charge on any atom is -0.321 e. The number of benzene rings is 2. The lowest BCUT2D eigenvalue weighted by atomic mass is 10.1. The molecule has 0 saturated carbocycles. The van der Waals surface area contributed by atoms with Crippen LogP contribution in [0.3, 0.4) is 0 Å². The summed E-state index contributed by atoms with van der Waals surface area (Å²) < 4.78 is 0.499. The van der Waals surface area contributed by atoms with E-state index in [9.17, 15) is 14.4 Å². The van der Waals surface area contributed by atoms with Crippen LogP contribution >= 0.6 is 22.9 Å². The highest BCUT2D eigenvalue weighted by Gasteiger charge is 2.37. The van der Waals surface area contributed by atoms with Gasteiger partial charge in [-0.2, -0.15) is 0 Å². The van der Waals surface area contributed by atoms with Gasteiger partial charge in [-0.1, -0.05) is 41.9 Å². The number of rotatable bonds is 7. The van der Waals surface area contributed by atoms with Gasteiger partial charge in [-0.05, 0) is 48.2 Å². The van der Waals surface area contributed by atoms with Crippen molar-refractivity contribution < 1.29 is 14.4 Å². The van der Waals surface area contributed by atoms with Crippen molar-refractivity contribution in [3.05, 3.63) is 86.1 Å². The molecule has 7 nitrogen and oxygen atoms in total. The third kappa shape index (κ3) is 4.63. The van der Waals surface area contributed by atoms with Crippen molar-refractivity contribution in [3.63, 3.8) is 0 Å². The number of hydrogen-bond acceptors (Lipinski definition) is 6. The number of fused-ring (bicyclic) bond motifs is 1. The van der Waals surface area contributed by atoms with Crippen LogP contribution in [0, 0.1) is 0 Å². The maximum Gasteiger partial charge on any atom is 0.265 e.